The van der Waals surface area contributed by atoms with E-state index in [0.29, 0.717) is 17.5 Å². The Morgan fingerprint density at radius 1 is 1.11 bits per heavy atom. The van der Waals surface area contributed by atoms with Crippen molar-refractivity contribution in [3.8, 4) is 11.3 Å². The van der Waals surface area contributed by atoms with Crippen LogP contribution in [-0.4, -0.2) is 20.3 Å². The third-order valence-electron chi connectivity index (χ3n) is 4.21. The normalized spacial score (nSPS) is 10.9. The van der Waals surface area contributed by atoms with Crippen LogP contribution in [0, 0.1) is 18.6 Å². The van der Waals surface area contributed by atoms with Crippen molar-refractivity contribution >= 4 is 17.4 Å². The highest BCUT2D eigenvalue weighted by atomic mass is 19.1. The zero-order chi connectivity index (χ0) is 19.0. The molecule has 0 fully saturated rings. The van der Waals surface area contributed by atoms with Gasteiger partial charge in [-0.05, 0) is 37.3 Å². The van der Waals surface area contributed by atoms with E-state index in [4.69, 9.17) is 0 Å². The molecule has 0 saturated carbocycles. The Morgan fingerprint density at radius 3 is 2.74 bits per heavy atom. The summed E-state index contributed by atoms with van der Waals surface area (Å²) >= 11 is 0. The van der Waals surface area contributed by atoms with Crippen molar-refractivity contribution in [1.82, 2.24) is 14.4 Å². The summed E-state index contributed by atoms with van der Waals surface area (Å²) in [5.41, 5.74) is 2.68. The maximum atomic E-state index is 13.8. The lowest BCUT2D eigenvalue weighted by atomic mass is 10.1. The summed E-state index contributed by atoms with van der Waals surface area (Å²) in [7, 11) is 0. The molecule has 2 aromatic heterocycles. The third-order valence-corrected chi connectivity index (χ3v) is 4.21. The summed E-state index contributed by atoms with van der Waals surface area (Å²) < 4.78 is 28.7. The molecule has 134 valence electrons. The zero-order valence-electron chi connectivity index (χ0n) is 14.3. The zero-order valence-corrected chi connectivity index (χ0v) is 14.3. The summed E-state index contributed by atoms with van der Waals surface area (Å²) in [6.07, 6.45) is 3.54. The summed E-state index contributed by atoms with van der Waals surface area (Å²) in [4.78, 5) is 21.0. The Balaban J connectivity index is 1.66. The highest BCUT2D eigenvalue weighted by molar-refractivity contribution is 6.04. The minimum Gasteiger partial charge on any atom is -0.322 e. The van der Waals surface area contributed by atoms with Crippen molar-refractivity contribution in [2.45, 2.75) is 6.92 Å². The first-order valence-corrected chi connectivity index (χ1v) is 8.19. The van der Waals surface area contributed by atoms with Crippen LogP contribution in [-0.2, 0) is 0 Å². The molecule has 0 aliphatic rings. The minimum absolute atomic E-state index is 0.227. The molecule has 1 N–H and O–H groups in total. The molecule has 0 saturated heterocycles. The van der Waals surface area contributed by atoms with Gasteiger partial charge < -0.3 is 5.32 Å². The predicted molar refractivity (Wildman–Crippen MR) is 97.5 cm³/mol. The van der Waals surface area contributed by atoms with Crippen LogP contribution in [0.15, 0.2) is 60.9 Å². The van der Waals surface area contributed by atoms with Gasteiger partial charge in [-0.25, -0.2) is 18.7 Å². The summed E-state index contributed by atoms with van der Waals surface area (Å²) in [6, 6.07) is 11.7. The van der Waals surface area contributed by atoms with Gasteiger partial charge in [0, 0.05) is 35.4 Å². The van der Waals surface area contributed by atoms with E-state index in [1.807, 2.05) is 29.7 Å². The van der Waals surface area contributed by atoms with E-state index < -0.39 is 17.5 Å². The fourth-order valence-corrected chi connectivity index (χ4v) is 2.89. The van der Waals surface area contributed by atoms with E-state index in [9.17, 15) is 13.6 Å². The van der Waals surface area contributed by atoms with Crippen molar-refractivity contribution in [3.05, 3.63) is 83.8 Å². The van der Waals surface area contributed by atoms with Crippen LogP contribution in [0.4, 0.5) is 14.5 Å². The van der Waals surface area contributed by atoms with Crippen molar-refractivity contribution in [1.29, 1.82) is 0 Å². The second-order valence-electron chi connectivity index (χ2n) is 5.99. The Labute approximate surface area is 153 Å². The van der Waals surface area contributed by atoms with Gasteiger partial charge in [-0.2, -0.15) is 0 Å². The van der Waals surface area contributed by atoms with Gasteiger partial charge in [0.25, 0.3) is 5.91 Å². The molecule has 0 unspecified atom stereocenters. The summed E-state index contributed by atoms with van der Waals surface area (Å²) in [6.45, 7) is 1.93. The van der Waals surface area contributed by atoms with Crippen LogP contribution in [0.1, 0.15) is 16.1 Å². The maximum absolute atomic E-state index is 13.8. The van der Waals surface area contributed by atoms with Crippen molar-refractivity contribution in [3.63, 3.8) is 0 Å². The number of imidazole rings is 1. The predicted octanol–water partition coefficient (Wildman–Crippen LogP) is 4.24. The van der Waals surface area contributed by atoms with E-state index in [0.717, 1.165) is 29.1 Å². The van der Waals surface area contributed by atoms with Gasteiger partial charge >= 0.3 is 0 Å². The Hall–Kier alpha value is -3.61. The number of fused-ring (bicyclic) bond motifs is 1. The number of hydrogen-bond donors (Lipinski definition) is 1. The smallest absolute Gasteiger partial charge is 0.258 e. The molecular formula is C20H14F2N4O. The molecule has 1 amide bonds. The number of carbonyl (C=O) groups is 1. The lowest BCUT2D eigenvalue weighted by molar-refractivity contribution is 0.102. The highest BCUT2D eigenvalue weighted by Crippen LogP contribution is 2.26. The van der Waals surface area contributed by atoms with Gasteiger partial charge in [-0.1, -0.05) is 12.1 Å². The summed E-state index contributed by atoms with van der Waals surface area (Å²) in [5, 5.41) is 2.63. The molecule has 0 aliphatic heterocycles. The largest absolute Gasteiger partial charge is 0.322 e. The second kappa shape index (κ2) is 6.60. The number of nitrogens with zero attached hydrogens (tertiary/aromatic N) is 3. The molecule has 4 rings (SSSR count). The van der Waals surface area contributed by atoms with Crippen LogP contribution in [0.3, 0.4) is 0 Å². The number of aromatic nitrogens is 3. The number of anilines is 1. The first kappa shape index (κ1) is 16.8. The first-order chi connectivity index (χ1) is 13.0. The fraction of sp³-hybridized carbons (Fsp3) is 0.0500. The Kier molecular flexibility index (Phi) is 4.12. The number of rotatable bonds is 3. The molecule has 2 aromatic carbocycles. The number of hydrogen-bond acceptors (Lipinski definition) is 3. The third kappa shape index (κ3) is 3.15. The number of nitrogens with one attached hydrogen (secondary N) is 1. The molecule has 7 heteroatoms. The number of carbonyl (C=O) groups excluding carboxylic acids is 1. The van der Waals surface area contributed by atoms with E-state index in [1.165, 1.54) is 0 Å². The van der Waals surface area contributed by atoms with E-state index in [1.54, 1.807) is 24.4 Å². The van der Waals surface area contributed by atoms with Gasteiger partial charge in [0.15, 0.2) is 0 Å². The molecular weight excluding hydrogens is 350 g/mol. The van der Waals surface area contributed by atoms with Crippen molar-refractivity contribution in [2.75, 3.05) is 5.32 Å². The SMILES string of the molecule is Cc1c(-c2cccc(NC(=O)c3ccc(F)cc3F)c2)nc2ncccn12. The highest BCUT2D eigenvalue weighted by Gasteiger charge is 2.15. The molecule has 2 heterocycles. The van der Waals surface area contributed by atoms with Crippen molar-refractivity contribution < 1.29 is 13.6 Å². The maximum Gasteiger partial charge on any atom is 0.258 e. The molecule has 0 spiro atoms. The van der Waals surface area contributed by atoms with E-state index in [2.05, 4.69) is 15.3 Å². The van der Waals surface area contributed by atoms with Gasteiger partial charge in [0.05, 0.1) is 11.3 Å². The van der Waals surface area contributed by atoms with Gasteiger partial charge in [-0.3, -0.25) is 9.20 Å². The number of halogens is 2. The average molecular weight is 364 g/mol. The molecule has 0 bridgehead atoms. The number of benzene rings is 2. The molecule has 0 radical (unpaired) electrons. The van der Waals surface area contributed by atoms with Crippen LogP contribution in [0.25, 0.3) is 17.0 Å². The van der Waals surface area contributed by atoms with E-state index in [-0.39, 0.29) is 5.56 Å². The minimum atomic E-state index is -0.911. The van der Waals surface area contributed by atoms with Gasteiger partial charge in [-0.15, -0.1) is 0 Å². The van der Waals surface area contributed by atoms with Crippen LogP contribution >= 0.6 is 0 Å². The van der Waals surface area contributed by atoms with Crippen LogP contribution in [0.2, 0.25) is 0 Å². The number of aryl methyl sites for hydroxylation is 1. The second-order valence-corrected chi connectivity index (χ2v) is 5.99. The van der Waals surface area contributed by atoms with Gasteiger partial charge in [0.2, 0.25) is 5.78 Å². The Bertz CT molecular complexity index is 1170. The lowest BCUT2D eigenvalue weighted by Crippen LogP contribution is -2.13. The summed E-state index contributed by atoms with van der Waals surface area (Å²) in [5.74, 6) is -1.72. The van der Waals surface area contributed by atoms with Crippen LogP contribution < -0.4 is 5.32 Å². The van der Waals surface area contributed by atoms with Gasteiger partial charge in [0.1, 0.15) is 11.6 Å². The standard InChI is InChI=1S/C20H14F2N4O/c1-12-18(25-20-23-8-3-9-26(12)20)13-4-2-5-15(10-13)24-19(27)16-7-6-14(21)11-17(16)22/h2-11H,1H3,(H,24,27). The molecule has 27 heavy (non-hydrogen) atoms. The fourth-order valence-electron chi connectivity index (χ4n) is 2.89. The number of amides is 1. The molecule has 0 aliphatic carbocycles. The average Bonchev–Trinajstić information content (AvgIpc) is 2.99. The molecule has 5 nitrogen and oxygen atoms in total. The molecule has 0 atom stereocenters. The monoisotopic (exact) mass is 364 g/mol. The van der Waals surface area contributed by atoms with Crippen molar-refractivity contribution in [2.24, 2.45) is 0 Å². The quantitative estimate of drug-likeness (QED) is 0.592. The van der Waals surface area contributed by atoms with E-state index >= 15 is 0 Å². The Morgan fingerprint density at radius 2 is 1.96 bits per heavy atom. The van der Waals surface area contributed by atoms with Crippen LogP contribution in [0.5, 0.6) is 0 Å². The lowest BCUT2D eigenvalue weighted by Gasteiger charge is -2.08. The topological polar surface area (TPSA) is 59.3 Å². The first-order valence-electron chi connectivity index (χ1n) is 8.19. The molecule has 4 aromatic rings.